The molecule has 2 aliphatic rings. The lowest BCUT2D eigenvalue weighted by atomic mass is 9.95. The predicted octanol–water partition coefficient (Wildman–Crippen LogP) is 1.72. The highest BCUT2D eigenvalue weighted by Crippen LogP contribution is 2.21. The van der Waals surface area contributed by atoms with Crippen molar-refractivity contribution in [1.29, 1.82) is 0 Å². The molecule has 118 valence electrons. The molecule has 1 unspecified atom stereocenters. The second-order valence-electron chi connectivity index (χ2n) is 5.81. The van der Waals surface area contributed by atoms with E-state index in [-0.39, 0.29) is 11.1 Å². The van der Waals surface area contributed by atoms with Crippen molar-refractivity contribution in [2.24, 2.45) is 0 Å². The minimum atomic E-state index is -2.95. The maximum absolute atomic E-state index is 12.2. The van der Waals surface area contributed by atoms with Crippen LogP contribution in [0.3, 0.4) is 0 Å². The quantitative estimate of drug-likeness (QED) is 0.807. The van der Waals surface area contributed by atoms with Crippen LogP contribution < -0.4 is 5.32 Å². The number of thioether (sulfide) groups is 1. The summed E-state index contributed by atoms with van der Waals surface area (Å²) in [5.74, 6) is 2.05. The number of rotatable bonds is 6. The van der Waals surface area contributed by atoms with E-state index in [0.29, 0.717) is 6.04 Å². The zero-order valence-electron chi connectivity index (χ0n) is 12.5. The molecule has 0 aromatic rings. The van der Waals surface area contributed by atoms with Gasteiger partial charge in [0.05, 0.1) is 0 Å². The third-order valence-electron chi connectivity index (χ3n) is 4.44. The van der Waals surface area contributed by atoms with Crippen LogP contribution in [0.1, 0.15) is 39.0 Å². The fourth-order valence-corrected chi connectivity index (χ4v) is 6.22. The molecule has 1 N–H and O–H groups in total. The van der Waals surface area contributed by atoms with Gasteiger partial charge in [-0.15, -0.1) is 0 Å². The standard InChI is InChI=1S/C14H28N2O2S2/c1-2-20(17,18)14-12-19-11-10-16(14)9-8-15-13-6-4-3-5-7-13/h13-15H,2-12H2,1H3. The van der Waals surface area contributed by atoms with E-state index in [1.807, 2.05) is 0 Å². The fourth-order valence-electron chi connectivity index (χ4n) is 3.11. The van der Waals surface area contributed by atoms with Crippen LogP contribution in [-0.2, 0) is 9.84 Å². The van der Waals surface area contributed by atoms with Gasteiger partial charge in [0.2, 0.25) is 0 Å². The number of hydrogen-bond donors (Lipinski definition) is 1. The molecule has 1 saturated heterocycles. The first-order valence-electron chi connectivity index (χ1n) is 7.90. The summed E-state index contributed by atoms with van der Waals surface area (Å²) in [6.45, 7) is 4.44. The molecule has 1 heterocycles. The summed E-state index contributed by atoms with van der Waals surface area (Å²) in [7, 11) is -2.95. The van der Waals surface area contributed by atoms with E-state index in [9.17, 15) is 8.42 Å². The van der Waals surface area contributed by atoms with Crippen molar-refractivity contribution in [1.82, 2.24) is 10.2 Å². The predicted molar refractivity (Wildman–Crippen MR) is 87.0 cm³/mol. The van der Waals surface area contributed by atoms with Gasteiger partial charge in [0.25, 0.3) is 0 Å². The molecular weight excluding hydrogens is 292 g/mol. The van der Waals surface area contributed by atoms with E-state index in [4.69, 9.17) is 0 Å². The summed E-state index contributed by atoms with van der Waals surface area (Å²) < 4.78 is 24.3. The summed E-state index contributed by atoms with van der Waals surface area (Å²) >= 11 is 1.77. The van der Waals surface area contributed by atoms with E-state index in [0.717, 1.165) is 31.1 Å². The minimum Gasteiger partial charge on any atom is -0.313 e. The molecule has 6 heteroatoms. The number of nitrogens with one attached hydrogen (secondary N) is 1. The van der Waals surface area contributed by atoms with E-state index in [1.54, 1.807) is 18.7 Å². The highest BCUT2D eigenvalue weighted by Gasteiger charge is 2.32. The molecule has 1 aliphatic carbocycles. The van der Waals surface area contributed by atoms with Crippen LogP contribution in [0, 0.1) is 0 Å². The molecule has 0 spiro atoms. The number of hydrogen-bond acceptors (Lipinski definition) is 5. The second kappa shape index (κ2) is 8.01. The molecule has 0 bridgehead atoms. The number of sulfone groups is 1. The van der Waals surface area contributed by atoms with Crippen molar-refractivity contribution >= 4 is 21.6 Å². The van der Waals surface area contributed by atoms with E-state index in [2.05, 4.69) is 10.2 Å². The molecule has 2 fully saturated rings. The van der Waals surface area contributed by atoms with Gasteiger partial charge in [0, 0.05) is 42.9 Å². The number of nitrogens with zero attached hydrogens (tertiary/aromatic N) is 1. The van der Waals surface area contributed by atoms with Gasteiger partial charge in [-0.3, -0.25) is 4.90 Å². The van der Waals surface area contributed by atoms with Crippen molar-refractivity contribution < 1.29 is 8.42 Å². The Morgan fingerprint density at radius 3 is 2.70 bits per heavy atom. The first-order valence-corrected chi connectivity index (χ1v) is 10.8. The smallest absolute Gasteiger partial charge is 0.166 e. The molecule has 1 saturated carbocycles. The molecule has 0 amide bonds. The molecule has 0 aromatic carbocycles. The Morgan fingerprint density at radius 1 is 1.25 bits per heavy atom. The zero-order valence-corrected chi connectivity index (χ0v) is 14.1. The van der Waals surface area contributed by atoms with E-state index in [1.165, 1.54) is 32.1 Å². The van der Waals surface area contributed by atoms with Crippen molar-refractivity contribution in [3.05, 3.63) is 0 Å². The van der Waals surface area contributed by atoms with Crippen LogP contribution in [-0.4, -0.2) is 61.6 Å². The van der Waals surface area contributed by atoms with Gasteiger partial charge in [-0.2, -0.15) is 11.8 Å². The molecule has 1 atom stereocenters. The van der Waals surface area contributed by atoms with E-state index < -0.39 is 9.84 Å². The lowest BCUT2D eigenvalue weighted by Crippen LogP contribution is -2.50. The van der Waals surface area contributed by atoms with E-state index >= 15 is 0 Å². The average molecular weight is 321 g/mol. The first kappa shape index (κ1) is 16.6. The van der Waals surface area contributed by atoms with Crippen LogP contribution in [0.4, 0.5) is 0 Å². The Bertz CT molecular complexity index is 381. The molecular formula is C14H28N2O2S2. The van der Waals surface area contributed by atoms with Gasteiger partial charge < -0.3 is 5.32 Å². The van der Waals surface area contributed by atoms with Gasteiger partial charge >= 0.3 is 0 Å². The highest BCUT2D eigenvalue weighted by atomic mass is 32.2. The molecule has 1 aliphatic heterocycles. The summed E-state index contributed by atoms with van der Waals surface area (Å²) in [5.41, 5.74) is 0. The zero-order chi connectivity index (χ0) is 14.4. The van der Waals surface area contributed by atoms with Gasteiger partial charge in [0.1, 0.15) is 5.37 Å². The van der Waals surface area contributed by atoms with Crippen LogP contribution >= 0.6 is 11.8 Å². The van der Waals surface area contributed by atoms with Crippen LogP contribution in [0.5, 0.6) is 0 Å². The van der Waals surface area contributed by atoms with Crippen LogP contribution in [0.15, 0.2) is 0 Å². The summed E-state index contributed by atoms with van der Waals surface area (Å²) in [6.07, 6.45) is 6.62. The first-order chi connectivity index (χ1) is 9.63. The van der Waals surface area contributed by atoms with Crippen molar-refractivity contribution in [2.45, 2.75) is 50.4 Å². The lowest BCUT2D eigenvalue weighted by molar-refractivity contribution is 0.258. The molecule has 20 heavy (non-hydrogen) atoms. The Hall–Kier alpha value is 0.220. The summed E-state index contributed by atoms with van der Waals surface area (Å²) in [6, 6.07) is 0.657. The Labute approximate surface area is 128 Å². The topological polar surface area (TPSA) is 49.4 Å². The normalized spacial score (nSPS) is 26.8. The summed E-state index contributed by atoms with van der Waals surface area (Å²) in [5, 5.41) is 3.35. The molecule has 4 nitrogen and oxygen atoms in total. The van der Waals surface area contributed by atoms with Gasteiger partial charge in [-0.05, 0) is 12.8 Å². The average Bonchev–Trinajstić information content (AvgIpc) is 2.49. The maximum atomic E-state index is 12.2. The third-order valence-corrected chi connectivity index (χ3v) is 7.78. The Balaban J connectivity index is 1.80. The Morgan fingerprint density at radius 2 is 2.00 bits per heavy atom. The van der Waals surface area contributed by atoms with Gasteiger partial charge in [0.15, 0.2) is 9.84 Å². The lowest BCUT2D eigenvalue weighted by Gasteiger charge is -2.35. The largest absolute Gasteiger partial charge is 0.313 e. The van der Waals surface area contributed by atoms with Gasteiger partial charge in [-0.25, -0.2) is 8.42 Å². The summed E-state index contributed by atoms with van der Waals surface area (Å²) in [4.78, 5) is 2.17. The third kappa shape index (κ3) is 4.61. The van der Waals surface area contributed by atoms with Crippen LogP contribution in [0.25, 0.3) is 0 Å². The second-order valence-corrected chi connectivity index (χ2v) is 9.40. The molecule has 2 rings (SSSR count). The Kier molecular flexibility index (Phi) is 6.65. The monoisotopic (exact) mass is 320 g/mol. The highest BCUT2D eigenvalue weighted by molar-refractivity contribution is 8.01. The maximum Gasteiger partial charge on any atom is 0.166 e. The van der Waals surface area contributed by atoms with Crippen molar-refractivity contribution in [3.8, 4) is 0 Å². The van der Waals surface area contributed by atoms with Crippen molar-refractivity contribution in [2.75, 3.05) is 36.9 Å². The molecule has 0 aromatic heterocycles. The van der Waals surface area contributed by atoms with Crippen LogP contribution in [0.2, 0.25) is 0 Å². The fraction of sp³-hybridized carbons (Fsp3) is 1.00. The molecule has 0 radical (unpaired) electrons. The van der Waals surface area contributed by atoms with Gasteiger partial charge in [-0.1, -0.05) is 26.2 Å². The van der Waals surface area contributed by atoms with Crippen molar-refractivity contribution in [3.63, 3.8) is 0 Å². The minimum absolute atomic E-state index is 0.255. The SMILES string of the molecule is CCS(=O)(=O)C1CSCCN1CCNC1CCCCC1.